The van der Waals surface area contributed by atoms with Crippen LogP contribution in [0.25, 0.3) is 0 Å². The zero-order valence-corrected chi connectivity index (χ0v) is 12.9. The molecule has 0 bridgehead atoms. The fourth-order valence-corrected chi connectivity index (χ4v) is 2.68. The Morgan fingerprint density at radius 2 is 2.17 bits per heavy atom. The Morgan fingerprint density at radius 3 is 2.83 bits per heavy atom. The molecule has 4 heteroatoms. The zero-order valence-electron chi connectivity index (χ0n) is 11.3. The molecule has 18 heavy (non-hydrogen) atoms. The molecule has 0 amide bonds. The van der Waals surface area contributed by atoms with Crippen molar-refractivity contribution in [3.63, 3.8) is 0 Å². The molecule has 1 saturated heterocycles. The summed E-state index contributed by atoms with van der Waals surface area (Å²) >= 11 is 3.62. The van der Waals surface area contributed by atoms with Crippen LogP contribution in [0.4, 0.5) is 0 Å². The van der Waals surface area contributed by atoms with Crippen LogP contribution in [0.2, 0.25) is 0 Å². The summed E-state index contributed by atoms with van der Waals surface area (Å²) in [7, 11) is 3.91. The predicted octanol–water partition coefficient (Wildman–Crippen LogP) is 2.59. The molecule has 1 aliphatic rings. The molecule has 1 heterocycles. The molecule has 0 saturated carbocycles. The number of methoxy groups -OCH3 is 1. The maximum Gasteiger partial charge on any atom is 0.119 e. The van der Waals surface area contributed by atoms with Gasteiger partial charge in [-0.25, -0.2) is 0 Å². The first kappa shape index (κ1) is 13.8. The van der Waals surface area contributed by atoms with Crippen molar-refractivity contribution in [2.45, 2.75) is 19.5 Å². The minimum absolute atomic E-state index is 0.628. The molecule has 3 nitrogen and oxygen atoms in total. The molecule has 1 unspecified atom stereocenters. The van der Waals surface area contributed by atoms with Crippen LogP contribution < -0.4 is 4.74 Å². The summed E-state index contributed by atoms with van der Waals surface area (Å²) in [6.45, 7) is 6.66. The third-order valence-corrected chi connectivity index (χ3v) is 4.46. The molecule has 1 fully saturated rings. The van der Waals surface area contributed by atoms with Gasteiger partial charge in [-0.15, -0.1) is 0 Å². The molecule has 0 spiro atoms. The third kappa shape index (κ3) is 3.25. The maximum absolute atomic E-state index is 5.29. The number of rotatable bonds is 3. The van der Waals surface area contributed by atoms with Crippen LogP contribution in [0.3, 0.4) is 0 Å². The lowest BCUT2D eigenvalue weighted by molar-refractivity contribution is 0.0998. The van der Waals surface area contributed by atoms with E-state index in [-0.39, 0.29) is 0 Å². The molecule has 0 N–H and O–H groups in total. The Balaban J connectivity index is 2.05. The molecule has 1 aromatic rings. The van der Waals surface area contributed by atoms with Gasteiger partial charge in [-0.1, -0.05) is 15.9 Å². The van der Waals surface area contributed by atoms with Crippen molar-refractivity contribution < 1.29 is 4.74 Å². The van der Waals surface area contributed by atoms with Crippen molar-refractivity contribution in [2.75, 3.05) is 33.8 Å². The van der Waals surface area contributed by atoms with Gasteiger partial charge in [0.05, 0.1) is 7.11 Å². The number of nitrogens with zero attached hydrogens (tertiary/aromatic N) is 2. The second-order valence-corrected chi connectivity index (χ2v) is 5.88. The highest BCUT2D eigenvalue weighted by Gasteiger charge is 2.21. The number of benzene rings is 1. The normalized spacial score (nSPS) is 22.1. The van der Waals surface area contributed by atoms with Crippen LogP contribution in [-0.4, -0.2) is 49.6 Å². The first-order chi connectivity index (χ1) is 8.60. The lowest BCUT2D eigenvalue weighted by Crippen LogP contribution is -2.49. The zero-order chi connectivity index (χ0) is 13.1. The fourth-order valence-electron chi connectivity index (χ4n) is 2.31. The fraction of sp³-hybridized carbons (Fsp3) is 0.571. The number of halogens is 1. The Bertz CT molecular complexity index is 411. The van der Waals surface area contributed by atoms with Crippen molar-refractivity contribution in [3.05, 3.63) is 28.2 Å². The highest BCUT2D eigenvalue weighted by atomic mass is 79.9. The number of hydrogen-bond donors (Lipinski definition) is 0. The molecule has 0 aromatic heterocycles. The minimum Gasteiger partial charge on any atom is -0.497 e. The van der Waals surface area contributed by atoms with Gasteiger partial charge in [0, 0.05) is 36.7 Å². The van der Waals surface area contributed by atoms with E-state index in [4.69, 9.17) is 4.74 Å². The second kappa shape index (κ2) is 6.04. The predicted molar refractivity (Wildman–Crippen MR) is 78.1 cm³/mol. The van der Waals surface area contributed by atoms with Gasteiger partial charge in [0.15, 0.2) is 0 Å². The highest BCUT2D eigenvalue weighted by Crippen LogP contribution is 2.24. The van der Waals surface area contributed by atoms with E-state index < -0.39 is 0 Å². The Labute approximate surface area is 118 Å². The summed E-state index contributed by atoms with van der Waals surface area (Å²) < 4.78 is 6.45. The number of ether oxygens (including phenoxy) is 1. The SMILES string of the molecule is COc1ccc(Br)c(CN2CCN(C)C(C)C2)c1. The molecule has 0 radical (unpaired) electrons. The number of hydrogen-bond acceptors (Lipinski definition) is 3. The van der Waals surface area contributed by atoms with Crippen molar-refractivity contribution in [1.82, 2.24) is 9.80 Å². The first-order valence-corrected chi connectivity index (χ1v) is 7.14. The van der Waals surface area contributed by atoms with E-state index >= 15 is 0 Å². The summed E-state index contributed by atoms with van der Waals surface area (Å²) in [6.07, 6.45) is 0. The second-order valence-electron chi connectivity index (χ2n) is 5.02. The summed E-state index contributed by atoms with van der Waals surface area (Å²) in [5, 5.41) is 0. The highest BCUT2D eigenvalue weighted by molar-refractivity contribution is 9.10. The molecular formula is C14H21BrN2O. The topological polar surface area (TPSA) is 15.7 Å². The average molecular weight is 313 g/mol. The molecule has 0 aliphatic carbocycles. The minimum atomic E-state index is 0.628. The monoisotopic (exact) mass is 312 g/mol. The van der Waals surface area contributed by atoms with E-state index in [1.165, 1.54) is 5.56 Å². The van der Waals surface area contributed by atoms with Gasteiger partial charge in [0.25, 0.3) is 0 Å². The number of piperazine rings is 1. The Kier molecular flexibility index (Phi) is 4.65. The Morgan fingerprint density at radius 1 is 1.39 bits per heavy atom. The average Bonchev–Trinajstić information content (AvgIpc) is 2.36. The molecule has 100 valence electrons. The van der Waals surface area contributed by atoms with Crippen molar-refractivity contribution >= 4 is 15.9 Å². The molecule has 1 aromatic carbocycles. The van der Waals surface area contributed by atoms with Crippen LogP contribution in [0, 0.1) is 0 Å². The Hall–Kier alpha value is -0.580. The lowest BCUT2D eigenvalue weighted by Gasteiger charge is -2.37. The number of likely N-dealkylation sites (N-methyl/N-ethyl adjacent to an activating group) is 1. The van der Waals surface area contributed by atoms with Crippen LogP contribution >= 0.6 is 15.9 Å². The van der Waals surface area contributed by atoms with E-state index in [9.17, 15) is 0 Å². The van der Waals surface area contributed by atoms with Gasteiger partial charge in [-0.3, -0.25) is 4.90 Å². The molecule has 1 atom stereocenters. The van der Waals surface area contributed by atoms with Gasteiger partial charge in [-0.2, -0.15) is 0 Å². The smallest absolute Gasteiger partial charge is 0.119 e. The summed E-state index contributed by atoms with van der Waals surface area (Å²) in [5.74, 6) is 0.926. The van der Waals surface area contributed by atoms with E-state index in [1.54, 1.807) is 7.11 Å². The molecule has 2 rings (SSSR count). The standard InChI is InChI=1S/C14H21BrN2O/c1-11-9-17(7-6-16(11)2)10-12-8-13(18-3)4-5-14(12)15/h4-5,8,11H,6-7,9-10H2,1-3H3. The largest absolute Gasteiger partial charge is 0.497 e. The van der Waals surface area contributed by atoms with Crippen molar-refractivity contribution in [1.29, 1.82) is 0 Å². The van der Waals surface area contributed by atoms with Crippen LogP contribution in [0.15, 0.2) is 22.7 Å². The van der Waals surface area contributed by atoms with E-state index in [0.717, 1.165) is 36.4 Å². The summed E-state index contributed by atoms with van der Waals surface area (Å²) in [5.41, 5.74) is 1.30. The van der Waals surface area contributed by atoms with Gasteiger partial charge >= 0.3 is 0 Å². The van der Waals surface area contributed by atoms with Gasteiger partial charge in [-0.05, 0) is 37.7 Å². The molecular weight excluding hydrogens is 292 g/mol. The first-order valence-electron chi connectivity index (χ1n) is 6.35. The van der Waals surface area contributed by atoms with Crippen LogP contribution in [0.5, 0.6) is 5.75 Å². The van der Waals surface area contributed by atoms with Gasteiger partial charge in [0.1, 0.15) is 5.75 Å². The third-order valence-electron chi connectivity index (χ3n) is 3.69. The van der Waals surface area contributed by atoms with Gasteiger partial charge in [0.2, 0.25) is 0 Å². The van der Waals surface area contributed by atoms with Crippen molar-refractivity contribution in [2.24, 2.45) is 0 Å². The molecule has 1 aliphatic heterocycles. The quantitative estimate of drug-likeness (QED) is 0.853. The van der Waals surface area contributed by atoms with E-state index in [2.05, 4.69) is 51.8 Å². The maximum atomic E-state index is 5.29. The van der Waals surface area contributed by atoms with Crippen LogP contribution in [-0.2, 0) is 6.54 Å². The summed E-state index contributed by atoms with van der Waals surface area (Å²) in [6, 6.07) is 6.80. The lowest BCUT2D eigenvalue weighted by atomic mass is 10.1. The van der Waals surface area contributed by atoms with Gasteiger partial charge < -0.3 is 9.64 Å². The van der Waals surface area contributed by atoms with E-state index in [1.807, 2.05) is 6.07 Å². The van der Waals surface area contributed by atoms with Crippen molar-refractivity contribution in [3.8, 4) is 5.75 Å². The van der Waals surface area contributed by atoms with E-state index in [0.29, 0.717) is 6.04 Å². The summed E-state index contributed by atoms with van der Waals surface area (Å²) in [4.78, 5) is 4.92. The van der Waals surface area contributed by atoms with Crippen LogP contribution in [0.1, 0.15) is 12.5 Å².